The largest absolute Gasteiger partial charge is 0.457 e. The lowest BCUT2D eigenvalue weighted by atomic mass is 10.1. The molecule has 0 heterocycles. The van der Waals surface area contributed by atoms with Crippen molar-refractivity contribution in [3.05, 3.63) is 70.8 Å². The summed E-state index contributed by atoms with van der Waals surface area (Å²) in [7, 11) is 0. The molecular formula is C16H10F6O2. The van der Waals surface area contributed by atoms with E-state index in [1.807, 2.05) is 0 Å². The Labute approximate surface area is 132 Å². The second-order valence-electron chi connectivity index (χ2n) is 4.85. The van der Waals surface area contributed by atoms with Crippen molar-refractivity contribution in [1.82, 2.24) is 0 Å². The van der Waals surface area contributed by atoms with E-state index < -0.39 is 36.1 Å². The summed E-state index contributed by atoms with van der Waals surface area (Å²) in [6.07, 6.45) is -9.15. The second-order valence-corrected chi connectivity index (χ2v) is 4.85. The maximum Gasteiger partial charge on any atom is 0.416 e. The van der Waals surface area contributed by atoms with Gasteiger partial charge in [0.25, 0.3) is 0 Å². The summed E-state index contributed by atoms with van der Waals surface area (Å²) in [5.74, 6) is -1.06. The molecule has 128 valence electrons. The predicted octanol–water partition coefficient (Wildman–Crippen LogP) is 5.08. The Morgan fingerprint density at radius 1 is 0.833 bits per heavy atom. The highest BCUT2D eigenvalue weighted by atomic mass is 19.4. The van der Waals surface area contributed by atoms with E-state index in [2.05, 4.69) is 0 Å². The monoisotopic (exact) mass is 348 g/mol. The van der Waals surface area contributed by atoms with Gasteiger partial charge in [0, 0.05) is 0 Å². The van der Waals surface area contributed by atoms with Crippen LogP contribution in [0, 0.1) is 0 Å². The van der Waals surface area contributed by atoms with E-state index in [4.69, 9.17) is 4.74 Å². The van der Waals surface area contributed by atoms with E-state index in [1.165, 1.54) is 6.07 Å². The fourth-order valence-electron chi connectivity index (χ4n) is 1.89. The maximum atomic E-state index is 12.6. The van der Waals surface area contributed by atoms with Crippen LogP contribution in [0.5, 0.6) is 0 Å². The van der Waals surface area contributed by atoms with Gasteiger partial charge in [0.1, 0.15) is 6.61 Å². The molecule has 0 aromatic heterocycles. The van der Waals surface area contributed by atoms with Gasteiger partial charge in [-0.25, -0.2) is 4.79 Å². The minimum Gasteiger partial charge on any atom is -0.457 e. The van der Waals surface area contributed by atoms with Gasteiger partial charge in [-0.1, -0.05) is 18.2 Å². The molecule has 0 saturated carbocycles. The predicted molar refractivity (Wildman–Crippen MR) is 72.0 cm³/mol. The summed E-state index contributed by atoms with van der Waals surface area (Å²) in [6.45, 7) is -0.487. The summed E-state index contributed by atoms with van der Waals surface area (Å²) >= 11 is 0. The van der Waals surface area contributed by atoms with Crippen LogP contribution < -0.4 is 0 Å². The van der Waals surface area contributed by atoms with Gasteiger partial charge in [-0.15, -0.1) is 0 Å². The summed E-state index contributed by atoms with van der Waals surface area (Å²) in [5.41, 5.74) is -2.19. The zero-order valence-electron chi connectivity index (χ0n) is 11.9. The zero-order chi connectivity index (χ0) is 18.0. The first-order valence-electron chi connectivity index (χ1n) is 6.58. The minimum atomic E-state index is -4.61. The summed E-state index contributed by atoms with van der Waals surface area (Å²) in [5, 5.41) is 0. The average Bonchev–Trinajstić information content (AvgIpc) is 2.51. The van der Waals surface area contributed by atoms with Crippen molar-refractivity contribution in [3.8, 4) is 0 Å². The number of carbonyl (C=O) groups excluding carboxylic acids is 1. The van der Waals surface area contributed by atoms with Gasteiger partial charge in [-0.2, -0.15) is 26.3 Å². The van der Waals surface area contributed by atoms with Crippen LogP contribution in [0.1, 0.15) is 27.0 Å². The molecule has 0 amide bonds. The molecule has 0 bridgehead atoms. The van der Waals surface area contributed by atoms with Gasteiger partial charge < -0.3 is 4.74 Å². The molecule has 0 aliphatic carbocycles. The smallest absolute Gasteiger partial charge is 0.416 e. The lowest BCUT2D eigenvalue weighted by Gasteiger charge is -2.10. The number of hydrogen-bond acceptors (Lipinski definition) is 2. The fraction of sp³-hybridized carbons (Fsp3) is 0.188. The van der Waals surface area contributed by atoms with Crippen LogP contribution in [-0.2, 0) is 23.7 Å². The van der Waals surface area contributed by atoms with Crippen molar-refractivity contribution in [2.24, 2.45) is 0 Å². The SMILES string of the molecule is O=C(OCc1cccc(C(F)(F)F)c1)c1cccc(C(F)(F)F)c1. The zero-order valence-corrected chi connectivity index (χ0v) is 11.9. The highest BCUT2D eigenvalue weighted by Gasteiger charge is 2.31. The molecule has 0 radical (unpaired) electrons. The molecule has 24 heavy (non-hydrogen) atoms. The van der Waals surface area contributed by atoms with Gasteiger partial charge in [-0.05, 0) is 35.9 Å². The molecule has 0 aliphatic heterocycles. The molecule has 0 N–H and O–H groups in total. The third-order valence-corrected chi connectivity index (χ3v) is 3.05. The third-order valence-electron chi connectivity index (χ3n) is 3.05. The van der Waals surface area contributed by atoms with E-state index in [0.29, 0.717) is 6.07 Å². The Bertz CT molecular complexity index is 734. The Balaban J connectivity index is 2.09. The topological polar surface area (TPSA) is 26.3 Å². The Hall–Kier alpha value is -2.51. The molecule has 0 aliphatic rings. The third kappa shape index (κ3) is 4.50. The molecule has 0 saturated heterocycles. The normalized spacial score (nSPS) is 12.1. The quantitative estimate of drug-likeness (QED) is 0.571. The highest BCUT2D eigenvalue weighted by molar-refractivity contribution is 5.89. The number of carbonyl (C=O) groups is 1. The van der Waals surface area contributed by atoms with E-state index in [1.54, 1.807) is 0 Å². The minimum absolute atomic E-state index is 0.0742. The van der Waals surface area contributed by atoms with Crippen LogP contribution in [0.2, 0.25) is 0 Å². The van der Waals surface area contributed by atoms with Gasteiger partial charge in [0.05, 0.1) is 16.7 Å². The highest BCUT2D eigenvalue weighted by Crippen LogP contribution is 2.30. The van der Waals surface area contributed by atoms with Crippen LogP contribution in [0.25, 0.3) is 0 Å². The number of rotatable bonds is 3. The fourth-order valence-corrected chi connectivity index (χ4v) is 1.89. The Morgan fingerprint density at radius 2 is 1.38 bits per heavy atom. The van der Waals surface area contributed by atoms with Crippen molar-refractivity contribution in [3.63, 3.8) is 0 Å². The van der Waals surface area contributed by atoms with Gasteiger partial charge in [0.2, 0.25) is 0 Å². The van der Waals surface area contributed by atoms with Crippen LogP contribution in [-0.4, -0.2) is 5.97 Å². The number of hydrogen-bond donors (Lipinski definition) is 0. The first kappa shape index (κ1) is 17.8. The van der Waals surface area contributed by atoms with Crippen molar-refractivity contribution >= 4 is 5.97 Å². The van der Waals surface area contributed by atoms with E-state index in [-0.39, 0.29) is 11.1 Å². The maximum absolute atomic E-state index is 12.6. The van der Waals surface area contributed by atoms with E-state index >= 15 is 0 Å². The van der Waals surface area contributed by atoms with E-state index in [0.717, 1.165) is 36.4 Å². The second kappa shape index (κ2) is 6.54. The first-order valence-corrected chi connectivity index (χ1v) is 6.58. The molecular weight excluding hydrogens is 338 g/mol. The Morgan fingerprint density at radius 3 is 1.96 bits per heavy atom. The molecule has 2 aromatic rings. The van der Waals surface area contributed by atoms with Crippen molar-refractivity contribution in [1.29, 1.82) is 0 Å². The molecule has 0 unspecified atom stereocenters. The molecule has 0 fully saturated rings. The van der Waals surface area contributed by atoms with Crippen LogP contribution >= 0.6 is 0 Å². The van der Waals surface area contributed by atoms with Gasteiger partial charge >= 0.3 is 18.3 Å². The molecule has 2 rings (SSSR count). The van der Waals surface area contributed by atoms with Crippen molar-refractivity contribution in [2.45, 2.75) is 19.0 Å². The number of esters is 1. The molecule has 0 atom stereocenters. The number of benzene rings is 2. The first-order chi connectivity index (χ1) is 11.1. The number of alkyl halides is 6. The number of ether oxygens (including phenoxy) is 1. The number of halogens is 6. The van der Waals surface area contributed by atoms with Crippen LogP contribution in [0.3, 0.4) is 0 Å². The standard InChI is InChI=1S/C16H10F6O2/c17-15(18,19)12-5-1-3-10(7-12)9-24-14(23)11-4-2-6-13(8-11)16(20,21)22/h1-8H,9H2. The van der Waals surface area contributed by atoms with Gasteiger partial charge in [-0.3, -0.25) is 0 Å². The average molecular weight is 348 g/mol. The molecule has 0 spiro atoms. The van der Waals surface area contributed by atoms with E-state index in [9.17, 15) is 31.1 Å². The lowest BCUT2D eigenvalue weighted by molar-refractivity contribution is -0.138. The van der Waals surface area contributed by atoms with Crippen LogP contribution in [0.4, 0.5) is 26.3 Å². The Kier molecular flexibility index (Phi) is 4.86. The van der Waals surface area contributed by atoms with Crippen molar-refractivity contribution in [2.75, 3.05) is 0 Å². The van der Waals surface area contributed by atoms with Crippen LogP contribution in [0.15, 0.2) is 48.5 Å². The lowest BCUT2D eigenvalue weighted by Crippen LogP contribution is -2.10. The summed E-state index contributed by atoms with van der Waals surface area (Å²) < 4.78 is 80.2. The van der Waals surface area contributed by atoms with Crippen molar-refractivity contribution < 1.29 is 35.9 Å². The molecule has 2 nitrogen and oxygen atoms in total. The van der Waals surface area contributed by atoms with Gasteiger partial charge in [0.15, 0.2) is 0 Å². The molecule has 8 heteroatoms. The summed E-state index contributed by atoms with van der Waals surface area (Å²) in [6, 6.07) is 7.72. The summed E-state index contributed by atoms with van der Waals surface area (Å²) in [4.78, 5) is 11.8. The molecule has 2 aromatic carbocycles.